The number of hydrogen-bond acceptors (Lipinski definition) is 5. The van der Waals surface area contributed by atoms with Gasteiger partial charge in [0, 0.05) is 19.8 Å². The molecule has 0 saturated heterocycles. The van der Waals surface area contributed by atoms with Gasteiger partial charge in [-0.3, -0.25) is 14.4 Å². The number of rotatable bonds is 9. The molecule has 0 aliphatic rings. The van der Waals surface area contributed by atoms with Crippen LogP contribution in [-0.4, -0.2) is 48.1 Å². The maximum absolute atomic E-state index is 12.5. The summed E-state index contributed by atoms with van der Waals surface area (Å²) in [5.41, 5.74) is 0.830. The molecule has 0 fully saturated rings. The van der Waals surface area contributed by atoms with Gasteiger partial charge in [-0.05, 0) is 12.0 Å². The molecule has 1 rings (SSSR count). The highest BCUT2D eigenvalue weighted by Gasteiger charge is 2.27. The molecule has 1 aromatic rings. The van der Waals surface area contributed by atoms with Gasteiger partial charge in [0.15, 0.2) is 0 Å². The summed E-state index contributed by atoms with van der Waals surface area (Å²) < 4.78 is 4.59. The summed E-state index contributed by atoms with van der Waals surface area (Å²) in [4.78, 5) is 46.3. The lowest BCUT2D eigenvalue weighted by molar-refractivity contribution is -0.146. The summed E-state index contributed by atoms with van der Waals surface area (Å²) in [6, 6.07) is 7.08. The van der Waals surface area contributed by atoms with E-state index < -0.39 is 35.8 Å². The second-order valence-electron chi connectivity index (χ2n) is 5.46. The second kappa shape index (κ2) is 10.1. The zero-order valence-electron chi connectivity index (χ0n) is 14.2. The minimum absolute atomic E-state index is 0.105. The van der Waals surface area contributed by atoms with Crippen LogP contribution in [0.3, 0.4) is 0 Å². The Morgan fingerprint density at radius 3 is 2.24 bits per heavy atom. The third-order valence-corrected chi connectivity index (χ3v) is 3.43. The van der Waals surface area contributed by atoms with Crippen molar-refractivity contribution in [1.82, 2.24) is 10.6 Å². The average Bonchev–Trinajstić information content (AvgIpc) is 2.57. The molecule has 1 aromatic carbocycles. The van der Waals surface area contributed by atoms with Gasteiger partial charge in [-0.1, -0.05) is 30.3 Å². The van der Waals surface area contributed by atoms with Gasteiger partial charge in [0.2, 0.25) is 11.8 Å². The zero-order valence-corrected chi connectivity index (χ0v) is 14.2. The molecule has 0 unspecified atom stereocenters. The summed E-state index contributed by atoms with van der Waals surface area (Å²) in [7, 11) is 1.15. The largest absolute Gasteiger partial charge is 0.481 e. The van der Waals surface area contributed by atoms with Crippen LogP contribution in [0.2, 0.25) is 0 Å². The molecule has 25 heavy (non-hydrogen) atoms. The molecule has 2 amide bonds. The molecule has 0 saturated carbocycles. The van der Waals surface area contributed by atoms with E-state index in [1.165, 1.54) is 6.92 Å². The van der Waals surface area contributed by atoms with Crippen molar-refractivity contribution in [2.24, 2.45) is 0 Å². The fraction of sp³-hybridized carbons (Fsp3) is 0.412. The number of esters is 1. The zero-order chi connectivity index (χ0) is 18.8. The smallest absolute Gasteiger partial charge is 0.328 e. The van der Waals surface area contributed by atoms with Crippen molar-refractivity contribution in [3.8, 4) is 0 Å². The summed E-state index contributed by atoms with van der Waals surface area (Å²) in [6.45, 7) is 1.29. The van der Waals surface area contributed by atoms with Crippen LogP contribution in [-0.2, 0) is 30.3 Å². The van der Waals surface area contributed by atoms with Crippen molar-refractivity contribution >= 4 is 23.8 Å². The number of aliphatic carboxylic acids is 1. The van der Waals surface area contributed by atoms with E-state index in [4.69, 9.17) is 5.11 Å². The normalized spacial score (nSPS) is 12.6. The Kier molecular flexibility index (Phi) is 8.11. The molecule has 0 radical (unpaired) electrons. The molecule has 0 bridgehead atoms. The minimum Gasteiger partial charge on any atom is -0.481 e. The quantitative estimate of drug-likeness (QED) is 0.549. The van der Waals surface area contributed by atoms with Crippen molar-refractivity contribution < 1.29 is 29.0 Å². The van der Waals surface area contributed by atoms with Gasteiger partial charge in [0.05, 0.1) is 7.11 Å². The fourth-order valence-corrected chi connectivity index (χ4v) is 2.24. The number of carboxylic acid groups (broad SMARTS) is 1. The highest BCUT2D eigenvalue weighted by Crippen LogP contribution is 2.06. The van der Waals surface area contributed by atoms with E-state index in [0.717, 1.165) is 12.7 Å². The molecule has 8 heteroatoms. The number of benzene rings is 1. The number of ether oxygens (including phenoxy) is 1. The molecule has 0 aliphatic carbocycles. The van der Waals surface area contributed by atoms with Crippen molar-refractivity contribution in [3.05, 3.63) is 35.9 Å². The number of amides is 2. The average molecular weight is 350 g/mol. The van der Waals surface area contributed by atoms with Crippen LogP contribution in [0.5, 0.6) is 0 Å². The first-order valence-electron chi connectivity index (χ1n) is 7.74. The molecular formula is C17H22N2O6. The molecule has 0 aromatic heterocycles. The van der Waals surface area contributed by atoms with Gasteiger partial charge in [0.25, 0.3) is 0 Å². The van der Waals surface area contributed by atoms with Crippen molar-refractivity contribution in [2.45, 2.75) is 38.3 Å². The van der Waals surface area contributed by atoms with Crippen LogP contribution in [0.15, 0.2) is 30.3 Å². The molecule has 2 atom stereocenters. The standard InChI is InChI=1S/C17H22N2O6/c1-11(20)18-14(10-12-6-4-3-5-7-12)16(23)19-13(17(24)25-2)8-9-15(21)22/h3-7,13-14H,8-10H2,1-2H3,(H,18,20)(H,19,23)(H,21,22)/t13-,14+/m1/s1. The Balaban J connectivity index is 2.84. The third-order valence-electron chi connectivity index (χ3n) is 3.43. The SMILES string of the molecule is COC(=O)[C@@H](CCC(=O)O)NC(=O)[C@H](Cc1ccccc1)NC(C)=O. The molecule has 0 spiro atoms. The van der Waals surface area contributed by atoms with Crippen LogP contribution >= 0.6 is 0 Å². The highest BCUT2D eigenvalue weighted by atomic mass is 16.5. The van der Waals surface area contributed by atoms with E-state index in [9.17, 15) is 19.2 Å². The van der Waals surface area contributed by atoms with E-state index in [0.29, 0.717) is 0 Å². The number of carbonyl (C=O) groups excluding carboxylic acids is 3. The third kappa shape index (κ3) is 7.47. The van der Waals surface area contributed by atoms with Gasteiger partial charge in [-0.15, -0.1) is 0 Å². The Morgan fingerprint density at radius 1 is 1.08 bits per heavy atom. The second-order valence-corrected chi connectivity index (χ2v) is 5.46. The first kappa shape index (κ1) is 20.1. The lowest BCUT2D eigenvalue weighted by Gasteiger charge is -2.21. The fourth-order valence-electron chi connectivity index (χ4n) is 2.24. The summed E-state index contributed by atoms with van der Waals surface area (Å²) in [5, 5.41) is 13.7. The van der Waals surface area contributed by atoms with E-state index in [2.05, 4.69) is 15.4 Å². The monoisotopic (exact) mass is 350 g/mol. The van der Waals surface area contributed by atoms with E-state index in [1.54, 1.807) is 0 Å². The maximum Gasteiger partial charge on any atom is 0.328 e. The topological polar surface area (TPSA) is 122 Å². The Morgan fingerprint density at radius 2 is 1.72 bits per heavy atom. The first-order valence-corrected chi connectivity index (χ1v) is 7.74. The van der Waals surface area contributed by atoms with Crippen molar-refractivity contribution in [3.63, 3.8) is 0 Å². The van der Waals surface area contributed by atoms with Gasteiger partial charge in [-0.2, -0.15) is 0 Å². The predicted octanol–water partition coefficient (Wildman–Crippen LogP) is 0.256. The van der Waals surface area contributed by atoms with Crippen LogP contribution in [0, 0.1) is 0 Å². The maximum atomic E-state index is 12.5. The minimum atomic E-state index is -1.10. The molecule has 0 heterocycles. The summed E-state index contributed by atoms with van der Waals surface area (Å²) in [6.07, 6.45) is -0.172. The summed E-state index contributed by atoms with van der Waals surface area (Å²) in [5.74, 6) is -2.81. The Bertz CT molecular complexity index is 617. The molecule has 3 N–H and O–H groups in total. The van der Waals surface area contributed by atoms with Crippen LogP contribution < -0.4 is 10.6 Å². The molecule has 136 valence electrons. The lowest BCUT2D eigenvalue weighted by Crippen LogP contribution is -2.52. The predicted molar refractivity (Wildman–Crippen MR) is 88.6 cm³/mol. The highest BCUT2D eigenvalue weighted by molar-refractivity contribution is 5.90. The van der Waals surface area contributed by atoms with Gasteiger partial charge < -0.3 is 20.5 Å². The number of carbonyl (C=O) groups is 4. The number of methoxy groups -OCH3 is 1. The van der Waals surface area contributed by atoms with Crippen LogP contribution in [0.4, 0.5) is 0 Å². The van der Waals surface area contributed by atoms with Gasteiger partial charge in [-0.25, -0.2) is 4.79 Å². The number of nitrogens with one attached hydrogen (secondary N) is 2. The number of hydrogen-bond donors (Lipinski definition) is 3. The van der Waals surface area contributed by atoms with Crippen LogP contribution in [0.1, 0.15) is 25.3 Å². The van der Waals surface area contributed by atoms with E-state index in [1.807, 2.05) is 30.3 Å². The Hall–Kier alpha value is -2.90. The van der Waals surface area contributed by atoms with Crippen molar-refractivity contribution in [1.29, 1.82) is 0 Å². The van der Waals surface area contributed by atoms with Crippen LogP contribution in [0.25, 0.3) is 0 Å². The van der Waals surface area contributed by atoms with E-state index >= 15 is 0 Å². The Labute approximate surface area is 145 Å². The van der Waals surface area contributed by atoms with E-state index in [-0.39, 0.29) is 19.3 Å². The summed E-state index contributed by atoms with van der Waals surface area (Å²) >= 11 is 0. The van der Waals surface area contributed by atoms with Crippen molar-refractivity contribution in [2.75, 3.05) is 7.11 Å². The van der Waals surface area contributed by atoms with Gasteiger partial charge in [0.1, 0.15) is 12.1 Å². The molecule has 8 nitrogen and oxygen atoms in total. The molecular weight excluding hydrogens is 328 g/mol. The van der Waals surface area contributed by atoms with Gasteiger partial charge >= 0.3 is 11.9 Å². The first-order chi connectivity index (χ1) is 11.8. The lowest BCUT2D eigenvalue weighted by atomic mass is 10.0. The number of carboxylic acids is 1. The molecule has 0 aliphatic heterocycles.